The van der Waals surface area contributed by atoms with Crippen LogP contribution in [0.25, 0.3) is 0 Å². The molecule has 0 heterocycles. The summed E-state index contributed by atoms with van der Waals surface area (Å²) in [7, 11) is -0.527. The second-order valence-corrected chi connectivity index (χ2v) is 8.09. The monoisotopic (exact) mass is 282 g/mol. The fourth-order valence-corrected chi connectivity index (χ4v) is 5.13. The standard InChI is InChI=1S/C18H24NSi/c1-4-20(5-2)19(18-14-10-7-11-15-18)16(3)17-12-8-6-9-13-17/h6-16H,4-5H2,1-3H3. The van der Waals surface area contributed by atoms with Crippen molar-refractivity contribution in [3.8, 4) is 0 Å². The fraction of sp³-hybridized carbons (Fsp3) is 0.333. The minimum Gasteiger partial charge on any atom is -0.391 e. The van der Waals surface area contributed by atoms with Gasteiger partial charge in [-0.3, -0.25) is 0 Å². The molecule has 1 nitrogen and oxygen atoms in total. The topological polar surface area (TPSA) is 3.24 Å². The van der Waals surface area contributed by atoms with Crippen LogP contribution in [0.2, 0.25) is 12.1 Å². The van der Waals surface area contributed by atoms with E-state index in [-0.39, 0.29) is 0 Å². The summed E-state index contributed by atoms with van der Waals surface area (Å²) in [5, 5.41) is 0. The van der Waals surface area contributed by atoms with Gasteiger partial charge in [-0.25, -0.2) is 0 Å². The maximum atomic E-state index is 2.67. The highest BCUT2D eigenvalue weighted by Gasteiger charge is 2.24. The number of anilines is 1. The number of para-hydroxylation sites is 1. The van der Waals surface area contributed by atoms with Crippen molar-refractivity contribution in [3.63, 3.8) is 0 Å². The lowest BCUT2D eigenvalue weighted by Gasteiger charge is -2.37. The van der Waals surface area contributed by atoms with Crippen molar-refractivity contribution >= 4 is 14.6 Å². The molecule has 1 atom stereocenters. The summed E-state index contributed by atoms with van der Waals surface area (Å²) in [4.78, 5) is 0. The third-order valence-corrected chi connectivity index (χ3v) is 6.82. The van der Waals surface area contributed by atoms with Gasteiger partial charge in [0.1, 0.15) is 0 Å². The zero-order valence-electron chi connectivity index (χ0n) is 12.7. The first-order chi connectivity index (χ1) is 9.77. The van der Waals surface area contributed by atoms with Gasteiger partial charge in [-0.15, -0.1) is 0 Å². The van der Waals surface area contributed by atoms with E-state index in [1.54, 1.807) is 0 Å². The first-order valence-corrected chi connectivity index (χ1v) is 9.38. The van der Waals surface area contributed by atoms with Gasteiger partial charge in [0, 0.05) is 11.7 Å². The number of nitrogens with zero attached hydrogens (tertiary/aromatic N) is 1. The molecule has 0 saturated carbocycles. The van der Waals surface area contributed by atoms with Gasteiger partial charge in [0.15, 0.2) is 8.96 Å². The Hall–Kier alpha value is -1.54. The zero-order chi connectivity index (χ0) is 14.4. The van der Waals surface area contributed by atoms with Crippen LogP contribution in [0.5, 0.6) is 0 Å². The lowest BCUT2D eigenvalue weighted by atomic mass is 10.1. The van der Waals surface area contributed by atoms with Gasteiger partial charge < -0.3 is 4.57 Å². The molecule has 105 valence electrons. The molecule has 0 amide bonds. The van der Waals surface area contributed by atoms with Crippen molar-refractivity contribution in [1.29, 1.82) is 0 Å². The van der Waals surface area contributed by atoms with E-state index in [1.165, 1.54) is 23.3 Å². The number of rotatable bonds is 6. The van der Waals surface area contributed by atoms with Crippen LogP contribution in [0.15, 0.2) is 60.7 Å². The average Bonchev–Trinajstić information content (AvgIpc) is 2.53. The van der Waals surface area contributed by atoms with Gasteiger partial charge in [0.05, 0.1) is 0 Å². The SMILES string of the molecule is CC[Si](CC)N(c1ccccc1)C(C)c1ccccc1. The van der Waals surface area contributed by atoms with Crippen molar-refractivity contribution in [2.75, 3.05) is 4.57 Å². The van der Waals surface area contributed by atoms with Crippen molar-refractivity contribution in [1.82, 2.24) is 0 Å². The lowest BCUT2D eigenvalue weighted by molar-refractivity contribution is 0.793. The Morgan fingerprint density at radius 3 is 1.85 bits per heavy atom. The Morgan fingerprint density at radius 1 is 0.850 bits per heavy atom. The van der Waals surface area contributed by atoms with Gasteiger partial charge >= 0.3 is 0 Å². The Kier molecular flexibility index (Phi) is 5.42. The highest BCUT2D eigenvalue weighted by molar-refractivity contribution is 6.63. The highest BCUT2D eigenvalue weighted by Crippen LogP contribution is 2.29. The van der Waals surface area contributed by atoms with Crippen molar-refractivity contribution in [3.05, 3.63) is 66.2 Å². The molecule has 0 aromatic heterocycles. The number of benzene rings is 2. The minimum atomic E-state index is -0.527. The molecule has 0 N–H and O–H groups in total. The summed E-state index contributed by atoms with van der Waals surface area (Å²) in [6.07, 6.45) is 0. The summed E-state index contributed by atoms with van der Waals surface area (Å²) in [5.74, 6) is 0. The summed E-state index contributed by atoms with van der Waals surface area (Å²) in [6.45, 7) is 6.98. The molecule has 1 unspecified atom stereocenters. The van der Waals surface area contributed by atoms with Crippen LogP contribution in [-0.2, 0) is 0 Å². The van der Waals surface area contributed by atoms with Crippen LogP contribution in [0.1, 0.15) is 32.4 Å². The quantitative estimate of drug-likeness (QED) is 0.651. The highest BCUT2D eigenvalue weighted by atomic mass is 28.3. The predicted molar refractivity (Wildman–Crippen MR) is 90.5 cm³/mol. The molecule has 0 saturated heterocycles. The molecule has 0 aliphatic carbocycles. The minimum absolute atomic E-state index is 0.437. The van der Waals surface area contributed by atoms with Gasteiger partial charge in [0.25, 0.3) is 0 Å². The van der Waals surface area contributed by atoms with Crippen LogP contribution >= 0.6 is 0 Å². The van der Waals surface area contributed by atoms with E-state index >= 15 is 0 Å². The third-order valence-electron chi connectivity index (χ3n) is 3.86. The molecule has 2 heteroatoms. The molecule has 0 aliphatic rings. The Labute approximate surface area is 124 Å². The van der Waals surface area contributed by atoms with E-state index in [9.17, 15) is 0 Å². The molecule has 0 bridgehead atoms. The average molecular weight is 282 g/mol. The van der Waals surface area contributed by atoms with E-state index in [0.29, 0.717) is 6.04 Å². The second-order valence-electron chi connectivity index (χ2n) is 5.07. The van der Waals surface area contributed by atoms with Crippen LogP contribution in [0.3, 0.4) is 0 Å². The first-order valence-electron chi connectivity index (χ1n) is 7.51. The number of hydrogen-bond acceptors (Lipinski definition) is 1. The Balaban J connectivity index is 2.36. The zero-order valence-corrected chi connectivity index (χ0v) is 13.7. The van der Waals surface area contributed by atoms with Crippen molar-refractivity contribution in [2.24, 2.45) is 0 Å². The molecule has 0 fully saturated rings. The Morgan fingerprint density at radius 2 is 1.35 bits per heavy atom. The molecule has 1 radical (unpaired) electrons. The van der Waals surface area contributed by atoms with E-state index in [4.69, 9.17) is 0 Å². The van der Waals surface area contributed by atoms with Crippen LogP contribution < -0.4 is 4.57 Å². The first kappa shape index (κ1) is 14.9. The second kappa shape index (κ2) is 7.30. The number of hydrogen-bond donors (Lipinski definition) is 0. The predicted octanol–water partition coefficient (Wildman–Crippen LogP) is 5.29. The van der Waals surface area contributed by atoms with Gasteiger partial charge in [0.2, 0.25) is 0 Å². The smallest absolute Gasteiger partial charge is 0.169 e. The fourth-order valence-electron chi connectivity index (χ4n) is 2.74. The third kappa shape index (κ3) is 3.31. The van der Waals surface area contributed by atoms with Crippen LogP contribution in [0, 0.1) is 0 Å². The van der Waals surface area contributed by atoms with Crippen LogP contribution in [-0.4, -0.2) is 8.96 Å². The molecule has 2 rings (SSSR count). The van der Waals surface area contributed by atoms with Crippen molar-refractivity contribution < 1.29 is 0 Å². The van der Waals surface area contributed by atoms with Gasteiger partial charge in [-0.1, -0.05) is 62.4 Å². The summed E-state index contributed by atoms with van der Waals surface area (Å²) >= 11 is 0. The lowest BCUT2D eigenvalue weighted by Crippen LogP contribution is -2.40. The molecule has 20 heavy (non-hydrogen) atoms. The summed E-state index contributed by atoms with van der Waals surface area (Å²) < 4.78 is 2.67. The van der Waals surface area contributed by atoms with Crippen LogP contribution in [0.4, 0.5) is 5.69 Å². The molecule has 0 aliphatic heterocycles. The Bertz CT molecular complexity index is 493. The van der Waals surface area contributed by atoms with E-state index in [1.807, 2.05) is 0 Å². The van der Waals surface area contributed by atoms with Gasteiger partial charge in [-0.2, -0.15) is 0 Å². The summed E-state index contributed by atoms with van der Waals surface area (Å²) in [6, 6.07) is 24.7. The normalized spacial score (nSPS) is 12.4. The molecule has 2 aromatic carbocycles. The molecular formula is C18H24NSi. The molecule has 2 aromatic rings. The van der Waals surface area contributed by atoms with Crippen molar-refractivity contribution in [2.45, 2.75) is 38.9 Å². The van der Waals surface area contributed by atoms with Gasteiger partial charge in [-0.05, 0) is 36.7 Å². The summed E-state index contributed by atoms with van der Waals surface area (Å²) in [5.41, 5.74) is 2.77. The largest absolute Gasteiger partial charge is 0.391 e. The molecule has 0 spiro atoms. The van der Waals surface area contributed by atoms with E-state index in [2.05, 4.69) is 86.0 Å². The molecular weight excluding hydrogens is 258 g/mol. The van der Waals surface area contributed by atoms with E-state index < -0.39 is 8.96 Å². The maximum absolute atomic E-state index is 2.67. The maximum Gasteiger partial charge on any atom is 0.169 e. The van der Waals surface area contributed by atoms with E-state index in [0.717, 1.165) is 0 Å².